The lowest BCUT2D eigenvalue weighted by Gasteiger charge is -2.26. The molecule has 0 bridgehead atoms. The highest BCUT2D eigenvalue weighted by Crippen LogP contribution is 2.45. The van der Waals surface area contributed by atoms with Gasteiger partial charge in [0.05, 0.1) is 17.0 Å². The highest BCUT2D eigenvalue weighted by molar-refractivity contribution is 8.24. The van der Waals surface area contributed by atoms with Crippen molar-refractivity contribution in [2.75, 3.05) is 11.5 Å². The first kappa shape index (κ1) is 21.7. The molecule has 0 saturated carbocycles. The molecule has 1 saturated heterocycles. The summed E-state index contributed by atoms with van der Waals surface area (Å²) in [6.45, 7) is 3.73. The molecular formula is C24H24FN3O4S. The molecule has 2 aromatic heterocycles. The lowest BCUT2D eigenvalue weighted by atomic mass is 10.0. The van der Waals surface area contributed by atoms with E-state index in [2.05, 4.69) is 10.5 Å². The van der Waals surface area contributed by atoms with E-state index in [9.17, 15) is 18.3 Å². The SMILES string of the molecule is Cc1noc(C)c1-c1cn(-c2ccc(F)cc2)c2cc(C(=O)NC3CCS(O)(O)C3)ccc12. The van der Waals surface area contributed by atoms with Crippen molar-refractivity contribution in [1.29, 1.82) is 0 Å². The number of nitrogens with one attached hydrogen (secondary N) is 1. The van der Waals surface area contributed by atoms with Crippen molar-refractivity contribution in [2.24, 2.45) is 0 Å². The highest BCUT2D eigenvalue weighted by atomic mass is 32.3. The van der Waals surface area contributed by atoms with Crippen molar-refractivity contribution >= 4 is 27.4 Å². The molecule has 0 spiro atoms. The van der Waals surface area contributed by atoms with Gasteiger partial charge in [0.25, 0.3) is 5.91 Å². The second kappa shape index (κ2) is 8.02. The van der Waals surface area contributed by atoms with Gasteiger partial charge < -0.3 is 14.4 Å². The topological polar surface area (TPSA) is 101 Å². The quantitative estimate of drug-likeness (QED) is 0.377. The third-order valence-corrected chi connectivity index (χ3v) is 7.90. The number of aromatic nitrogens is 2. The molecule has 3 N–H and O–H groups in total. The van der Waals surface area contributed by atoms with E-state index in [-0.39, 0.29) is 23.5 Å². The van der Waals surface area contributed by atoms with Gasteiger partial charge in [0.15, 0.2) is 0 Å². The molecule has 1 unspecified atom stereocenters. The van der Waals surface area contributed by atoms with E-state index in [0.29, 0.717) is 23.5 Å². The van der Waals surface area contributed by atoms with Crippen LogP contribution in [0.3, 0.4) is 0 Å². The number of carbonyl (C=O) groups excluding carboxylic acids is 1. The number of halogens is 1. The van der Waals surface area contributed by atoms with Gasteiger partial charge in [-0.1, -0.05) is 11.2 Å². The van der Waals surface area contributed by atoms with Crippen LogP contribution in [0.2, 0.25) is 0 Å². The molecule has 33 heavy (non-hydrogen) atoms. The number of hydrogen-bond acceptors (Lipinski definition) is 5. The van der Waals surface area contributed by atoms with Gasteiger partial charge in [-0.2, -0.15) is 10.6 Å². The number of aryl methyl sites for hydroxylation is 2. The molecule has 0 radical (unpaired) electrons. The van der Waals surface area contributed by atoms with E-state index in [4.69, 9.17) is 4.52 Å². The fourth-order valence-electron chi connectivity index (χ4n) is 4.45. The Morgan fingerprint density at radius 3 is 2.61 bits per heavy atom. The maximum absolute atomic E-state index is 13.6. The van der Waals surface area contributed by atoms with E-state index in [1.165, 1.54) is 12.1 Å². The lowest BCUT2D eigenvalue weighted by Crippen LogP contribution is -2.35. The van der Waals surface area contributed by atoms with Crippen molar-refractivity contribution in [3.8, 4) is 16.8 Å². The second-order valence-electron chi connectivity index (χ2n) is 8.45. The fourth-order valence-corrected chi connectivity index (χ4v) is 6.18. The van der Waals surface area contributed by atoms with Crippen LogP contribution in [0.4, 0.5) is 4.39 Å². The predicted octanol–water partition coefficient (Wildman–Crippen LogP) is 5.29. The molecule has 1 fully saturated rings. The summed E-state index contributed by atoms with van der Waals surface area (Å²) in [5.41, 5.74) is 4.53. The summed E-state index contributed by atoms with van der Waals surface area (Å²) in [6.07, 6.45) is 2.48. The van der Waals surface area contributed by atoms with Crippen LogP contribution in [-0.4, -0.2) is 42.3 Å². The molecule has 7 nitrogen and oxygen atoms in total. The van der Waals surface area contributed by atoms with Crippen molar-refractivity contribution in [1.82, 2.24) is 15.0 Å². The van der Waals surface area contributed by atoms with Gasteiger partial charge in [0.2, 0.25) is 0 Å². The number of carbonyl (C=O) groups is 1. The van der Waals surface area contributed by atoms with Crippen LogP contribution in [0.15, 0.2) is 53.2 Å². The Bertz CT molecular complexity index is 1340. The minimum atomic E-state index is -2.60. The zero-order valence-corrected chi connectivity index (χ0v) is 19.0. The van der Waals surface area contributed by atoms with Crippen LogP contribution >= 0.6 is 10.6 Å². The van der Waals surface area contributed by atoms with Gasteiger partial charge in [-0.05, 0) is 56.7 Å². The van der Waals surface area contributed by atoms with Crippen LogP contribution in [0.1, 0.15) is 28.2 Å². The molecule has 0 aliphatic carbocycles. The Morgan fingerprint density at radius 1 is 1.21 bits per heavy atom. The Kier molecular flexibility index (Phi) is 5.27. The Balaban J connectivity index is 1.60. The lowest BCUT2D eigenvalue weighted by molar-refractivity contribution is 0.0941. The minimum absolute atomic E-state index is 0.184. The number of rotatable bonds is 4. The molecule has 2 aromatic carbocycles. The first-order chi connectivity index (χ1) is 15.7. The third kappa shape index (κ3) is 4.03. The summed E-state index contributed by atoms with van der Waals surface area (Å²) < 4.78 is 40.5. The minimum Gasteiger partial charge on any atom is -0.361 e. The number of benzene rings is 2. The van der Waals surface area contributed by atoms with Gasteiger partial charge in [0.1, 0.15) is 11.6 Å². The van der Waals surface area contributed by atoms with Crippen LogP contribution < -0.4 is 5.32 Å². The normalized spacial score (nSPS) is 18.5. The standard InChI is InChI=1S/C24H24FN3O4S/c1-14-23(15(2)32-27-14)21-12-28(19-6-4-17(25)5-7-19)22-11-16(3-8-20(21)22)24(29)26-18-9-10-33(30,31)13-18/h3-8,11-12,18,30-31H,9-10,13H2,1-2H3,(H,26,29). The summed E-state index contributed by atoms with van der Waals surface area (Å²) in [4.78, 5) is 12.9. The molecule has 1 amide bonds. The maximum atomic E-state index is 13.6. The molecule has 172 valence electrons. The predicted molar refractivity (Wildman–Crippen MR) is 127 cm³/mol. The Hall–Kier alpha value is -3.14. The Labute approximate surface area is 191 Å². The summed E-state index contributed by atoms with van der Waals surface area (Å²) in [5.74, 6) is 0.579. The number of fused-ring (bicyclic) bond motifs is 1. The van der Waals surface area contributed by atoms with Crippen molar-refractivity contribution in [3.63, 3.8) is 0 Å². The zero-order valence-electron chi connectivity index (χ0n) is 18.2. The number of amides is 1. The van der Waals surface area contributed by atoms with Crippen LogP contribution in [0.5, 0.6) is 0 Å². The van der Waals surface area contributed by atoms with Crippen LogP contribution in [0.25, 0.3) is 27.7 Å². The number of hydrogen-bond donors (Lipinski definition) is 3. The molecule has 1 aliphatic rings. The monoisotopic (exact) mass is 469 g/mol. The number of nitrogens with zero attached hydrogens (tertiary/aromatic N) is 2. The molecule has 9 heteroatoms. The first-order valence-electron chi connectivity index (χ1n) is 10.6. The first-order valence-corrected chi connectivity index (χ1v) is 12.5. The van der Waals surface area contributed by atoms with Crippen LogP contribution in [-0.2, 0) is 0 Å². The van der Waals surface area contributed by atoms with Crippen molar-refractivity contribution in [2.45, 2.75) is 26.3 Å². The maximum Gasteiger partial charge on any atom is 0.251 e. The van der Waals surface area contributed by atoms with E-state index < -0.39 is 10.6 Å². The van der Waals surface area contributed by atoms with E-state index in [1.807, 2.05) is 30.7 Å². The van der Waals surface area contributed by atoms with Gasteiger partial charge in [-0.15, -0.1) is 0 Å². The molecule has 1 atom stereocenters. The summed E-state index contributed by atoms with van der Waals surface area (Å²) in [6, 6.07) is 11.3. The van der Waals surface area contributed by atoms with E-state index in [0.717, 1.165) is 33.4 Å². The average molecular weight is 470 g/mol. The third-order valence-electron chi connectivity index (χ3n) is 6.07. The zero-order chi connectivity index (χ0) is 23.3. The van der Waals surface area contributed by atoms with Crippen LogP contribution in [0, 0.1) is 19.7 Å². The summed E-state index contributed by atoms with van der Waals surface area (Å²) in [7, 11) is -2.60. The highest BCUT2D eigenvalue weighted by Gasteiger charge is 2.29. The van der Waals surface area contributed by atoms with Gasteiger partial charge in [0, 0.05) is 45.8 Å². The van der Waals surface area contributed by atoms with Gasteiger partial charge in [-0.25, -0.2) is 4.39 Å². The van der Waals surface area contributed by atoms with E-state index >= 15 is 0 Å². The van der Waals surface area contributed by atoms with Crippen molar-refractivity contribution in [3.05, 3.63) is 71.5 Å². The second-order valence-corrected chi connectivity index (χ2v) is 10.8. The molecule has 5 rings (SSSR count). The average Bonchev–Trinajstić information content (AvgIpc) is 3.42. The molecular weight excluding hydrogens is 445 g/mol. The van der Waals surface area contributed by atoms with Crippen molar-refractivity contribution < 1.29 is 22.8 Å². The molecule has 1 aliphatic heterocycles. The summed E-state index contributed by atoms with van der Waals surface area (Å²) >= 11 is 0. The van der Waals surface area contributed by atoms with E-state index in [1.54, 1.807) is 24.3 Å². The smallest absolute Gasteiger partial charge is 0.251 e. The molecule has 3 heterocycles. The van der Waals surface area contributed by atoms with Gasteiger partial charge in [-0.3, -0.25) is 13.9 Å². The van der Waals surface area contributed by atoms with Gasteiger partial charge >= 0.3 is 0 Å². The summed E-state index contributed by atoms with van der Waals surface area (Å²) in [5, 5.41) is 7.89. The fraction of sp³-hybridized carbons (Fsp3) is 0.250. The molecule has 4 aromatic rings. The largest absolute Gasteiger partial charge is 0.361 e. The Morgan fingerprint density at radius 2 is 1.97 bits per heavy atom.